The van der Waals surface area contributed by atoms with Gasteiger partial charge in [-0.05, 0) is 37.3 Å². The molecular weight excluding hydrogens is 267 g/mol. The minimum atomic E-state index is -0.343. The second-order valence-corrected chi connectivity index (χ2v) is 4.53. The van der Waals surface area contributed by atoms with E-state index in [0.717, 1.165) is 5.69 Å². The van der Waals surface area contributed by atoms with Crippen molar-refractivity contribution in [1.29, 1.82) is 0 Å². The molecule has 2 N–H and O–H groups in total. The zero-order valence-corrected chi connectivity index (χ0v) is 11.2. The maximum Gasteiger partial charge on any atom is 0.142 e. The molecule has 3 nitrogen and oxygen atoms in total. The predicted molar refractivity (Wildman–Crippen MR) is 72.6 cm³/mol. The van der Waals surface area contributed by atoms with Gasteiger partial charge in [0.2, 0.25) is 0 Å². The lowest BCUT2D eigenvalue weighted by atomic mass is 10.2. The molecule has 0 bridgehead atoms. The van der Waals surface area contributed by atoms with Gasteiger partial charge in [0.1, 0.15) is 18.2 Å². The Bertz CT molecular complexity index is 590. The number of ether oxygens (including phenoxy) is 1. The number of aromatic nitrogens is 1. The van der Waals surface area contributed by atoms with Gasteiger partial charge in [0.25, 0.3) is 0 Å². The van der Waals surface area contributed by atoms with Gasteiger partial charge in [-0.1, -0.05) is 11.6 Å². The number of pyridine rings is 1. The van der Waals surface area contributed by atoms with E-state index in [-0.39, 0.29) is 19.0 Å². The van der Waals surface area contributed by atoms with Crippen LogP contribution in [0.5, 0.6) is 5.75 Å². The summed E-state index contributed by atoms with van der Waals surface area (Å²) in [6.07, 6.45) is 0. The number of aryl methyl sites for hydroxylation is 1. The molecule has 0 aliphatic carbocycles. The fraction of sp³-hybridized carbons (Fsp3) is 0.214. The van der Waals surface area contributed by atoms with E-state index in [0.29, 0.717) is 22.0 Å². The predicted octanol–water partition coefficient (Wildman–Crippen LogP) is 3.22. The van der Waals surface area contributed by atoms with Gasteiger partial charge in [-0.3, -0.25) is 4.98 Å². The lowest BCUT2D eigenvalue weighted by Crippen LogP contribution is -2.06. The van der Waals surface area contributed by atoms with Gasteiger partial charge >= 0.3 is 0 Å². The molecular formula is C14H14ClFN2O. The monoisotopic (exact) mass is 280 g/mol. The highest BCUT2D eigenvalue weighted by molar-refractivity contribution is 6.31. The van der Waals surface area contributed by atoms with Gasteiger partial charge in [0.15, 0.2) is 0 Å². The molecule has 1 heterocycles. The summed E-state index contributed by atoms with van der Waals surface area (Å²) in [7, 11) is 0. The zero-order valence-electron chi connectivity index (χ0n) is 10.5. The number of halogens is 2. The van der Waals surface area contributed by atoms with Gasteiger partial charge in [0, 0.05) is 22.8 Å². The van der Waals surface area contributed by atoms with E-state index in [9.17, 15) is 4.39 Å². The smallest absolute Gasteiger partial charge is 0.142 e. The number of nitrogens with two attached hydrogens (primary N) is 1. The summed E-state index contributed by atoms with van der Waals surface area (Å²) in [6.45, 7) is 2.34. The van der Waals surface area contributed by atoms with Crippen LogP contribution in [-0.2, 0) is 13.2 Å². The van der Waals surface area contributed by atoms with Crippen molar-refractivity contribution in [2.45, 2.75) is 20.1 Å². The van der Waals surface area contributed by atoms with E-state index in [1.165, 1.54) is 18.2 Å². The first-order valence-electron chi connectivity index (χ1n) is 5.83. The Labute approximate surface area is 116 Å². The maximum atomic E-state index is 13.1. The first-order valence-corrected chi connectivity index (χ1v) is 6.21. The van der Waals surface area contributed by atoms with Crippen molar-refractivity contribution in [3.05, 3.63) is 58.1 Å². The molecule has 0 aliphatic rings. The highest BCUT2D eigenvalue weighted by atomic mass is 35.5. The fourth-order valence-corrected chi connectivity index (χ4v) is 1.86. The third-order valence-electron chi connectivity index (χ3n) is 2.66. The van der Waals surface area contributed by atoms with Gasteiger partial charge < -0.3 is 10.5 Å². The van der Waals surface area contributed by atoms with Crippen LogP contribution in [0.1, 0.15) is 17.0 Å². The molecule has 0 atom stereocenters. The maximum absolute atomic E-state index is 13.1. The number of benzene rings is 1. The Morgan fingerprint density at radius 2 is 2.11 bits per heavy atom. The van der Waals surface area contributed by atoms with Crippen molar-refractivity contribution in [3.63, 3.8) is 0 Å². The van der Waals surface area contributed by atoms with Crippen LogP contribution < -0.4 is 10.5 Å². The molecule has 0 saturated heterocycles. The number of rotatable bonds is 4. The van der Waals surface area contributed by atoms with Crippen LogP contribution in [0, 0.1) is 12.7 Å². The zero-order chi connectivity index (χ0) is 13.8. The van der Waals surface area contributed by atoms with Gasteiger partial charge in [-0.25, -0.2) is 4.39 Å². The van der Waals surface area contributed by atoms with Crippen LogP contribution in [0.4, 0.5) is 4.39 Å². The average Bonchev–Trinajstić information content (AvgIpc) is 2.40. The minimum Gasteiger partial charge on any atom is -0.487 e. The van der Waals surface area contributed by atoms with Crippen molar-refractivity contribution in [2.24, 2.45) is 5.73 Å². The van der Waals surface area contributed by atoms with E-state index in [4.69, 9.17) is 22.1 Å². The van der Waals surface area contributed by atoms with Crippen LogP contribution in [0.2, 0.25) is 5.02 Å². The molecule has 2 aromatic rings. The summed E-state index contributed by atoms with van der Waals surface area (Å²) >= 11 is 5.97. The van der Waals surface area contributed by atoms with E-state index in [1.54, 1.807) is 6.07 Å². The molecule has 0 fully saturated rings. The molecule has 1 aromatic heterocycles. The number of nitrogens with zero attached hydrogens (tertiary/aromatic N) is 1. The van der Waals surface area contributed by atoms with Crippen molar-refractivity contribution in [2.75, 3.05) is 0 Å². The summed E-state index contributed by atoms with van der Waals surface area (Å²) in [5.74, 6) is 0.248. The fourth-order valence-electron chi connectivity index (χ4n) is 1.68. The van der Waals surface area contributed by atoms with Crippen molar-refractivity contribution >= 4 is 11.6 Å². The van der Waals surface area contributed by atoms with Crippen LogP contribution in [0.15, 0.2) is 30.3 Å². The van der Waals surface area contributed by atoms with Gasteiger partial charge in [-0.2, -0.15) is 0 Å². The lowest BCUT2D eigenvalue weighted by Gasteiger charge is -2.11. The molecule has 1 aromatic carbocycles. The molecule has 19 heavy (non-hydrogen) atoms. The molecule has 0 saturated carbocycles. The Kier molecular flexibility index (Phi) is 4.35. The average molecular weight is 281 g/mol. The Hall–Kier alpha value is -1.65. The number of hydrogen-bond donors (Lipinski definition) is 1. The van der Waals surface area contributed by atoms with Crippen LogP contribution in [0.25, 0.3) is 0 Å². The molecule has 0 unspecified atom stereocenters. The molecule has 5 heteroatoms. The molecule has 0 amide bonds. The molecule has 0 aliphatic heterocycles. The van der Waals surface area contributed by atoms with E-state index in [2.05, 4.69) is 4.98 Å². The lowest BCUT2D eigenvalue weighted by molar-refractivity contribution is 0.300. The molecule has 2 rings (SSSR count). The Morgan fingerprint density at radius 3 is 2.84 bits per heavy atom. The van der Waals surface area contributed by atoms with Gasteiger partial charge in [-0.15, -0.1) is 0 Å². The summed E-state index contributed by atoms with van der Waals surface area (Å²) < 4.78 is 18.7. The van der Waals surface area contributed by atoms with Crippen LogP contribution in [0.3, 0.4) is 0 Å². The van der Waals surface area contributed by atoms with E-state index in [1.807, 2.05) is 13.0 Å². The Morgan fingerprint density at radius 1 is 1.32 bits per heavy atom. The summed E-state index contributed by atoms with van der Waals surface area (Å²) in [5, 5.41) is 0.468. The third kappa shape index (κ3) is 3.43. The highest BCUT2D eigenvalue weighted by Crippen LogP contribution is 2.22. The summed E-state index contributed by atoms with van der Waals surface area (Å²) in [6, 6.07) is 7.81. The Balaban J connectivity index is 2.16. The standard InChI is InChI=1S/C14H14ClFN2O/c1-9-2-5-14(13(7-17)18-9)19-8-10-6-11(16)3-4-12(10)15/h2-6H,7-8,17H2,1H3. The van der Waals surface area contributed by atoms with Crippen molar-refractivity contribution < 1.29 is 9.13 Å². The van der Waals surface area contributed by atoms with E-state index < -0.39 is 0 Å². The molecule has 0 spiro atoms. The van der Waals surface area contributed by atoms with E-state index >= 15 is 0 Å². The second-order valence-electron chi connectivity index (χ2n) is 4.13. The largest absolute Gasteiger partial charge is 0.487 e. The van der Waals surface area contributed by atoms with Crippen molar-refractivity contribution in [1.82, 2.24) is 4.98 Å². The first-order chi connectivity index (χ1) is 9.10. The normalized spacial score (nSPS) is 10.5. The van der Waals surface area contributed by atoms with Crippen LogP contribution >= 0.6 is 11.6 Å². The highest BCUT2D eigenvalue weighted by Gasteiger charge is 2.07. The van der Waals surface area contributed by atoms with Crippen LogP contribution in [-0.4, -0.2) is 4.98 Å². The first kappa shape index (κ1) is 13.8. The molecule has 0 radical (unpaired) electrons. The topological polar surface area (TPSA) is 48.1 Å². The quantitative estimate of drug-likeness (QED) is 0.935. The second kappa shape index (κ2) is 5.99. The third-order valence-corrected chi connectivity index (χ3v) is 3.02. The number of hydrogen-bond acceptors (Lipinski definition) is 3. The molecule has 100 valence electrons. The summed E-state index contributed by atoms with van der Waals surface area (Å²) in [4.78, 5) is 4.29. The minimum absolute atomic E-state index is 0.175. The van der Waals surface area contributed by atoms with Crippen molar-refractivity contribution in [3.8, 4) is 5.75 Å². The summed E-state index contributed by atoms with van der Waals surface area (Å²) in [5.41, 5.74) is 7.75. The SMILES string of the molecule is Cc1ccc(OCc2cc(F)ccc2Cl)c(CN)n1. The van der Waals surface area contributed by atoms with Gasteiger partial charge in [0.05, 0.1) is 5.69 Å².